The molecule has 2 aromatic carbocycles. The molecule has 1 unspecified atom stereocenters. The first kappa shape index (κ1) is 21.8. The number of carbonyl (C=O) groups excluding carboxylic acids is 2. The van der Waals surface area contributed by atoms with Crippen LogP contribution >= 0.6 is 0 Å². The molecule has 2 heterocycles. The second-order valence-electron chi connectivity index (χ2n) is 8.40. The molecule has 32 heavy (non-hydrogen) atoms. The number of hydrogen-bond donors (Lipinski definition) is 1. The highest BCUT2D eigenvalue weighted by Gasteiger charge is 2.29. The third-order valence-electron chi connectivity index (χ3n) is 6.13. The maximum atomic E-state index is 13.1. The molecular weight excluding hydrogens is 402 g/mol. The Morgan fingerprint density at radius 2 is 1.78 bits per heavy atom. The Hall–Kier alpha value is -3.41. The van der Waals surface area contributed by atoms with Gasteiger partial charge in [0.1, 0.15) is 11.5 Å². The van der Waals surface area contributed by atoms with Gasteiger partial charge in [-0.2, -0.15) is 5.10 Å². The largest absolute Gasteiger partial charge is 0.457 e. The molecule has 1 fully saturated rings. The first-order valence-electron chi connectivity index (χ1n) is 11.2. The van der Waals surface area contributed by atoms with Crippen LogP contribution in [0.1, 0.15) is 46.6 Å². The number of aromatic nitrogens is 2. The molecule has 6 nitrogen and oxygen atoms in total. The van der Waals surface area contributed by atoms with E-state index in [2.05, 4.69) is 10.2 Å². The van der Waals surface area contributed by atoms with Crippen molar-refractivity contribution in [2.45, 2.75) is 39.5 Å². The minimum Gasteiger partial charge on any atom is -0.457 e. The number of Topliss-reactive ketones (excluding diaryl/α,β-unsaturated/α-hetero) is 1. The van der Waals surface area contributed by atoms with Gasteiger partial charge in [-0.3, -0.25) is 14.7 Å². The number of rotatable bonds is 7. The number of nitrogens with one attached hydrogen (secondary N) is 1. The van der Waals surface area contributed by atoms with E-state index >= 15 is 0 Å². The second kappa shape index (κ2) is 9.81. The molecule has 166 valence electrons. The number of piperidine rings is 1. The first-order chi connectivity index (χ1) is 15.5. The van der Waals surface area contributed by atoms with E-state index in [1.54, 1.807) is 0 Å². The van der Waals surface area contributed by atoms with Crippen LogP contribution in [-0.2, 0) is 11.2 Å². The van der Waals surface area contributed by atoms with Gasteiger partial charge in [-0.25, -0.2) is 0 Å². The van der Waals surface area contributed by atoms with Gasteiger partial charge in [0.2, 0.25) is 5.91 Å². The zero-order valence-electron chi connectivity index (χ0n) is 18.6. The summed E-state index contributed by atoms with van der Waals surface area (Å²) in [5.41, 5.74) is 3.73. The summed E-state index contributed by atoms with van der Waals surface area (Å²) in [6.07, 6.45) is 2.77. The van der Waals surface area contributed by atoms with Crippen LogP contribution in [0.2, 0.25) is 0 Å². The van der Waals surface area contributed by atoms with Gasteiger partial charge < -0.3 is 9.64 Å². The molecule has 0 aliphatic carbocycles. The Morgan fingerprint density at radius 1 is 1.06 bits per heavy atom. The van der Waals surface area contributed by atoms with E-state index in [9.17, 15) is 9.59 Å². The SMILES string of the molecule is Cc1n[nH]c(C)c1CCC(=O)N1CCCC(C(=O)c2ccc(Oc3ccccc3)cc2)C1. The molecule has 0 radical (unpaired) electrons. The molecule has 1 atom stereocenters. The number of para-hydroxylation sites is 1. The number of H-pyrrole nitrogens is 1. The number of carbonyl (C=O) groups is 2. The standard InChI is InChI=1S/C26H29N3O3/c1-18-24(19(2)28-27-18)14-15-25(30)29-16-6-7-21(17-29)26(31)20-10-12-23(13-11-20)32-22-8-4-3-5-9-22/h3-5,8-13,21H,6-7,14-17H2,1-2H3,(H,27,28). The quantitative estimate of drug-likeness (QED) is 0.542. The summed E-state index contributed by atoms with van der Waals surface area (Å²) in [5.74, 6) is 1.49. The predicted molar refractivity (Wildman–Crippen MR) is 123 cm³/mol. The average Bonchev–Trinajstić information content (AvgIpc) is 3.15. The molecule has 1 amide bonds. The Labute approximate surface area is 188 Å². The first-order valence-corrected chi connectivity index (χ1v) is 11.2. The van der Waals surface area contributed by atoms with E-state index in [0.717, 1.165) is 42.1 Å². The topological polar surface area (TPSA) is 75.3 Å². The van der Waals surface area contributed by atoms with Gasteiger partial charge >= 0.3 is 0 Å². The van der Waals surface area contributed by atoms with E-state index in [0.29, 0.717) is 30.7 Å². The minimum absolute atomic E-state index is 0.0929. The van der Waals surface area contributed by atoms with Gasteiger partial charge in [0, 0.05) is 36.7 Å². The fourth-order valence-corrected chi connectivity index (χ4v) is 4.30. The van der Waals surface area contributed by atoms with Crippen LogP contribution in [0.15, 0.2) is 54.6 Å². The number of benzene rings is 2. The lowest BCUT2D eigenvalue weighted by Crippen LogP contribution is -2.42. The van der Waals surface area contributed by atoms with Gasteiger partial charge in [0.15, 0.2) is 5.78 Å². The summed E-state index contributed by atoms with van der Waals surface area (Å²) in [5, 5.41) is 7.17. The van der Waals surface area contributed by atoms with E-state index in [1.807, 2.05) is 73.3 Å². The summed E-state index contributed by atoms with van der Waals surface area (Å²) < 4.78 is 5.81. The fraction of sp³-hybridized carbons (Fsp3) is 0.346. The van der Waals surface area contributed by atoms with Gasteiger partial charge in [0.25, 0.3) is 0 Å². The lowest BCUT2D eigenvalue weighted by atomic mass is 9.89. The zero-order chi connectivity index (χ0) is 22.5. The van der Waals surface area contributed by atoms with Crippen LogP contribution in [0.4, 0.5) is 0 Å². The van der Waals surface area contributed by atoms with Crippen molar-refractivity contribution in [2.75, 3.05) is 13.1 Å². The highest BCUT2D eigenvalue weighted by atomic mass is 16.5. The Kier molecular flexibility index (Phi) is 6.69. The molecule has 1 N–H and O–H groups in total. The number of aromatic amines is 1. The van der Waals surface area contributed by atoms with Crippen LogP contribution in [0, 0.1) is 19.8 Å². The summed E-state index contributed by atoms with van der Waals surface area (Å²) in [7, 11) is 0. The van der Waals surface area contributed by atoms with Crippen LogP contribution in [0.5, 0.6) is 11.5 Å². The second-order valence-corrected chi connectivity index (χ2v) is 8.40. The number of likely N-dealkylation sites (tertiary alicyclic amines) is 1. The van der Waals surface area contributed by atoms with Crippen LogP contribution in [0.3, 0.4) is 0 Å². The average molecular weight is 432 g/mol. The summed E-state index contributed by atoms with van der Waals surface area (Å²) in [6, 6.07) is 16.8. The smallest absolute Gasteiger partial charge is 0.222 e. The third-order valence-corrected chi connectivity index (χ3v) is 6.13. The van der Waals surface area contributed by atoms with Gasteiger partial charge in [0.05, 0.1) is 5.69 Å². The van der Waals surface area contributed by atoms with Crippen LogP contribution in [-0.4, -0.2) is 39.9 Å². The molecule has 1 aliphatic rings. The molecular formula is C26H29N3O3. The minimum atomic E-state index is -0.161. The van der Waals surface area contributed by atoms with Gasteiger partial charge in [-0.05, 0) is 75.1 Å². The summed E-state index contributed by atoms with van der Waals surface area (Å²) >= 11 is 0. The Balaban J connectivity index is 1.34. The number of ether oxygens (including phenoxy) is 1. The normalized spacial score (nSPS) is 16.1. The van der Waals surface area contributed by atoms with Crippen molar-refractivity contribution in [1.29, 1.82) is 0 Å². The lowest BCUT2D eigenvalue weighted by molar-refractivity contribution is -0.132. The van der Waals surface area contributed by atoms with Crippen molar-refractivity contribution in [3.63, 3.8) is 0 Å². The molecule has 6 heteroatoms. The van der Waals surface area contributed by atoms with Crippen molar-refractivity contribution in [3.8, 4) is 11.5 Å². The van der Waals surface area contributed by atoms with Gasteiger partial charge in [-0.15, -0.1) is 0 Å². The van der Waals surface area contributed by atoms with E-state index in [-0.39, 0.29) is 17.6 Å². The van der Waals surface area contributed by atoms with E-state index in [4.69, 9.17) is 4.74 Å². The number of amides is 1. The third kappa shape index (κ3) is 5.07. The number of nitrogens with zero attached hydrogens (tertiary/aromatic N) is 2. The molecule has 1 aromatic heterocycles. The number of ketones is 1. The highest BCUT2D eigenvalue weighted by molar-refractivity contribution is 5.98. The van der Waals surface area contributed by atoms with Crippen LogP contribution < -0.4 is 4.74 Å². The maximum Gasteiger partial charge on any atom is 0.222 e. The Bertz CT molecular complexity index is 1050. The van der Waals surface area contributed by atoms with Crippen molar-refractivity contribution < 1.29 is 14.3 Å². The van der Waals surface area contributed by atoms with Crippen molar-refractivity contribution >= 4 is 11.7 Å². The molecule has 1 saturated heterocycles. The van der Waals surface area contributed by atoms with Crippen LogP contribution in [0.25, 0.3) is 0 Å². The Morgan fingerprint density at radius 3 is 2.47 bits per heavy atom. The molecule has 0 saturated carbocycles. The molecule has 0 bridgehead atoms. The molecule has 3 aromatic rings. The zero-order valence-corrected chi connectivity index (χ0v) is 18.6. The number of hydrogen-bond acceptors (Lipinski definition) is 4. The summed E-state index contributed by atoms with van der Waals surface area (Å²) in [6.45, 7) is 5.14. The highest BCUT2D eigenvalue weighted by Crippen LogP contribution is 2.25. The fourth-order valence-electron chi connectivity index (χ4n) is 4.30. The maximum absolute atomic E-state index is 13.1. The predicted octanol–water partition coefficient (Wildman–Crippen LogP) is 4.87. The summed E-state index contributed by atoms with van der Waals surface area (Å²) in [4.78, 5) is 27.7. The van der Waals surface area contributed by atoms with E-state index in [1.165, 1.54) is 0 Å². The van der Waals surface area contributed by atoms with Crippen molar-refractivity contribution in [2.24, 2.45) is 5.92 Å². The molecule has 0 spiro atoms. The molecule has 1 aliphatic heterocycles. The lowest BCUT2D eigenvalue weighted by Gasteiger charge is -2.32. The van der Waals surface area contributed by atoms with Crippen molar-refractivity contribution in [3.05, 3.63) is 77.1 Å². The van der Waals surface area contributed by atoms with Crippen molar-refractivity contribution in [1.82, 2.24) is 15.1 Å². The number of aryl methyl sites for hydroxylation is 2. The van der Waals surface area contributed by atoms with Gasteiger partial charge in [-0.1, -0.05) is 18.2 Å². The van der Waals surface area contributed by atoms with E-state index < -0.39 is 0 Å². The molecule has 4 rings (SSSR count). The monoisotopic (exact) mass is 431 g/mol.